The van der Waals surface area contributed by atoms with E-state index in [4.69, 9.17) is 0 Å². The summed E-state index contributed by atoms with van der Waals surface area (Å²) in [6.07, 6.45) is 0. The Morgan fingerprint density at radius 3 is 2.80 bits per heavy atom. The molecular formula is C14H9BrFN3O. The van der Waals surface area contributed by atoms with Crippen molar-refractivity contribution in [3.8, 4) is 0 Å². The van der Waals surface area contributed by atoms with Crippen molar-refractivity contribution >= 4 is 38.8 Å². The highest BCUT2D eigenvalue weighted by Gasteiger charge is 2.11. The predicted octanol–water partition coefficient (Wildman–Crippen LogP) is 3.72. The van der Waals surface area contributed by atoms with Crippen LogP contribution in [0.5, 0.6) is 0 Å². The van der Waals surface area contributed by atoms with Gasteiger partial charge in [-0.25, -0.2) is 9.37 Å². The molecule has 0 spiro atoms. The molecule has 1 amide bonds. The number of aromatic nitrogens is 2. The summed E-state index contributed by atoms with van der Waals surface area (Å²) in [4.78, 5) is 19.2. The van der Waals surface area contributed by atoms with Crippen molar-refractivity contribution in [2.75, 3.05) is 5.32 Å². The van der Waals surface area contributed by atoms with E-state index in [-0.39, 0.29) is 5.56 Å². The van der Waals surface area contributed by atoms with E-state index < -0.39 is 11.7 Å². The average Bonchev–Trinajstić information content (AvgIpc) is 2.83. The molecule has 100 valence electrons. The van der Waals surface area contributed by atoms with Crippen molar-refractivity contribution in [1.82, 2.24) is 9.97 Å². The third kappa shape index (κ3) is 2.42. The number of para-hydroxylation sites is 2. The Labute approximate surface area is 122 Å². The number of nitrogens with zero attached hydrogens (tertiary/aromatic N) is 1. The maximum absolute atomic E-state index is 13.4. The number of benzene rings is 2. The van der Waals surface area contributed by atoms with Gasteiger partial charge in [-0.1, -0.05) is 12.1 Å². The summed E-state index contributed by atoms with van der Waals surface area (Å²) in [6, 6.07) is 11.6. The summed E-state index contributed by atoms with van der Waals surface area (Å²) >= 11 is 3.04. The minimum Gasteiger partial charge on any atom is -0.324 e. The number of carbonyl (C=O) groups is 1. The quantitative estimate of drug-likeness (QED) is 0.750. The molecular weight excluding hydrogens is 325 g/mol. The van der Waals surface area contributed by atoms with Gasteiger partial charge in [-0.2, -0.15) is 0 Å². The molecule has 4 nitrogen and oxygen atoms in total. The molecule has 0 radical (unpaired) electrons. The summed E-state index contributed by atoms with van der Waals surface area (Å²) in [7, 11) is 0. The summed E-state index contributed by atoms with van der Waals surface area (Å²) in [5.41, 5.74) is 1.81. The number of fused-ring (bicyclic) bond motifs is 1. The van der Waals surface area contributed by atoms with Crippen LogP contribution in [0.4, 0.5) is 10.3 Å². The molecule has 1 heterocycles. The fraction of sp³-hybridized carbons (Fsp3) is 0. The second-order valence-electron chi connectivity index (χ2n) is 4.19. The zero-order valence-electron chi connectivity index (χ0n) is 10.2. The van der Waals surface area contributed by atoms with Crippen LogP contribution in [0.3, 0.4) is 0 Å². The third-order valence-electron chi connectivity index (χ3n) is 2.80. The molecule has 0 fully saturated rings. The first kappa shape index (κ1) is 12.8. The van der Waals surface area contributed by atoms with Gasteiger partial charge in [0.2, 0.25) is 5.95 Å². The molecule has 3 aromatic rings. The van der Waals surface area contributed by atoms with Crippen molar-refractivity contribution in [1.29, 1.82) is 0 Å². The van der Waals surface area contributed by atoms with E-state index in [1.807, 2.05) is 24.3 Å². The van der Waals surface area contributed by atoms with Crippen molar-refractivity contribution in [2.45, 2.75) is 0 Å². The second kappa shape index (κ2) is 5.05. The van der Waals surface area contributed by atoms with Crippen molar-refractivity contribution in [3.05, 3.63) is 58.3 Å². The Morgan fingerprint density at radius 1 is 1.25 bits per heavy atom. The maximum atomic E-state index is 13.4. The Bertz CT molecular complexity index is 767. The number of imidazole rings is 1. The number of rotatable bonds is 2. The van der Waals surface area contributed by atoms with Crippen LogP contribution in [0.25, 0.3) is 11.0 Å². The summed E-state index contributed by atoms with van der Waals surface area (Å²) < 4.78 is 13.7. The monoisotopic (exact) mass is 333 g/mol. The Hall–Kier alpha value is -2.21. The molecule has 0 aliphatic heterocycles. The van der Waals surface area contributed by atoms with Crippen LogP contribution < -0.4 is 5.32 Å². The second-order valence-corrected chi connectivity index (χ2v) is 5.04. The number of aromatic amines is 1. The smallest absolute Gasteiger partial charge is 0.258 e. The van der Waals surface area contributed by atoms with Crippen LogP contribution in [-0.2, 0) is 0 Å². The van der Waals surface area contributed by atoms with Gasteiger partial charge in [-0.05, 0) is 46.3 Å². The van der Waals surface area contributed by atoms with E-state index in [0.717, 1.165) is 11.0 Å². The highest BCUT2D eigenvalue weighted by atomic mass is 79.9. The van der Waals surface area contributed by atoms with E-state index in [1.54, 1.807) is 0 Å². The molecule has 1 aromatic heterocycles. The molecule has 6 heteroatoms. The topological polar surface area (TPSA) is 57.8 Å². The number of H-pyrrole nitrogens is 1. The van der Waals surface area contributed by atoms with Gasteiger partial charge >= 0.3 is 0 Å². The average molecular weight is 334 g/mol. The molecule has 0 saturated heterocycles. The molecule has 0 bridgehead atoms. The van der Waals surface area contributed by atoms with Gasteiger partial charge in [-0.15, -0.1) is 0 Å². The predicted molar refractivity (Wildman–Crippen MR) is 78.1 cm³/mol. The van der Waals surface area contributed by atoms with Gasteiger partial charge in [0.1, 0.15) is 5.82 Å². The van der Waals surface area contributed by atoms with E-state index in [1.165, 1.54) is 18.2 Å². The lowest BCUT2D eigenvalue weighted by Crippen LogP contribution is -2.13. The zero-order valence-corrected chi connectivity index (χ0v) is 11.7. The molecule has 0 aliphatic carbocycles. The normalized spacial score (nSPS) is 10.7. The first-order chi connectivity index (χ1) is 9.63. The molecule has 3 rings (SSSR count). The van der Waals surface area contributed by atoms with Gasteiger partial charge in [0.15, 0.2) is 0 Å². The van der Waals surface area contributed by atoms with E-state index in [2.05, 4.69) is 31.2 Å². The summed E-state index contributed by atoms with van der Waals surface area (Å²) in [6.45, 7) is 0. The summed E-state index contributed by atoms with van der Waals surface area (Å²) in [5, 5.41) is 2.61. The Kier molecular flexibility index (Phi) is 3.23. The number of hydrogen-bond acceptors (Lipinski definition) is 2. The molecule has 2 aromatic carbocycles. The van der Waals surface area contributed by atoms with Crippen LogP contribution >= 0.6 is 15.9 Å². The summed E-state index contributed by atoms with van der Waals surface area (Å²) in [5.74, 6) is -0.572. The van der Waals surface area contributed by atoms with Crippen molar-refractivity contribution < 1.29 is 9.18 Å². The van der Waals surface area contributed by atoms with Crippen LogP contribution in [0.1, 0.15) is 10.4 Å². The zero-order chi connectivity index (χ0) is 14.1. The molecule has 0 unspecified atom stereocenters. The lowest BCUT2D eigenvalue weighted by Gasteiger charge is -2.02. The first-order valence-corrected chi connectivity index (χ1v) is 6.64. The van der Waals surface area contributed by atoms with Crippen LogP contribution in [0.15, 0.2) is 46.9 Å². The highest BCUT2D eigenvalue weighted by molar-refractivity contribution is 9.10. The first-order valence-electron chi connectivity index (χ1n) is 5.84. The number of halogens is 2. The van der Waals surface area contributed by atoms with Gasteiger partial charge in [0.25, 0.3) is 5.91 Å². The van der Waals surface area contributed by atoms with Gasteiger partial charge in [0, 0.05) is 5.56 Å². The Morgan fingerprint density at radius 2 is 2.05 bits per heavy atom. The van der Waals surface area contributed by atoms with Gasteiger partial charge in [0.05, 0.1) is 15.5 Å². The number of amides is 1. The third-order valence-corrected chi connectivity index (χ3v) is 3.45. The molecule has 2 N–H and O–H groups in total. The van der Waals surface area contributed by atoms with E-state index in [0.29, 0.717) is 10.4 Å². The van der Waals surface area contributed by atoms with Crippen molar-refractivity contribution in [2.24, 2.45) is 0 Å². The van der Waals surface area contributed by atoms with Crippen LogP contribution in [0, 0.1) is 5.82 Å². The van der Waals surface area contributed by atoms with Crippen molar-refractivity contribution in [3.63, 3.8) is 0 Å². The fourth-order valence-corrected chi connectivity index (χ4v) is 2.08. The maximum Gasteiger partial charge on any atom is 0.258 e. The fourth-order valence-electron chi connectivity index (χ4n) is 1.83. The van der Waals surface area contributed by atoms with Crippen LogP contribution in [0.2, 0.25) is 0 Å². The lowest BCUT2D eigenvalue weighted by molar-refractivity contribution is 0.102. The van der Waals surface area contributed by atoms with E-state index >= 15 is 0 Å². The largest absolute Gasteiger partial charge is 0.324 e. The van der Waals surface area contributed by atoms with Gasteiger partial charge in [-0.3, -0.25) is 10.1 Å². The number of carbonyl (C=O) groups excluding carboxylic acids is 1. The number of anilines is 1. The Balaban J connectivity index is 1.86. The molecule has 0 saturated carbocycles. The highest BCUT2D eigenvalue weighted by Crippen LogP contribution is 2.18. The van der Waals surface area contributed by atoms with Crippen LogP contribution in [-0.4, -0.2) is 15.9 Å². The standard InChI is InChI=1S/C14H9BrFN3O/c15-9-6-5-8(7-10(9)16)13(20)19-14-17-11-3-1-2-4-12(11)18-14/h1-7H,(H2,17,18,19,20). The lowest BCUT2D eigenvalue weighted by atomic mass is 10.2. The molecule has 0 atom stereocenters. The number of hydrogen-bond donors (Lipinski definition) is 2. The van der Waals surface area contributed by atoms with Gasteiger partial charge < -0.3 is 4.98 Å². The minimum absolute atomic E-state index is 0.228. The number of nitrogens with one attached hydrogen (secondary N) is 2. The SMILES string of the molecule is O=C(Nc1nc2ccccc2[nH]1)c1ccc(Br)c(F)c1. The minimum atomic E-state index is -0.484. The van der Waals surface area contributed by atoms with E-state index in [9.17, 15) is 9.18 Å². The molecule has 0 aliphatic rings. The molecule has 20 heavy (non-hydrogen) atoms.